The predicted octanol–water partition coefficient (Wildman–Crippen LogP) is 5.19. The van der Waals surface area contributed by atoms with Crippen molar-refractivity contribution < 1.29 is 4.79 Å². The molecule has 0 bridgehead atoms. The second-order valence-corrected chi connectivity index (χ2v) is 7.48. The van der Waals surface area contributed by atoms with Crippen LogP contribution in [0.4, 0.5) is 5.69 Å². The van der Waals surface area contributed by atoms with E-state index in [0.29, 0.717) is 33.7 Å². The van der Waals surface area contributed by atoms with E-state index in [1.807, 2.05) is 12.1 Å². The number of aromatic nitrogens is 4. The minimum Gasteiger partial charge on any atom is -0.318 e. The smallest absolute Gasteiger partial charge is 0.273 e. The summed E-state index contributed by atoms with van der Waals surface area (Å²) in [7, 11) is 0. The number of amides is 1. The Kier molecular flexibility index (Phi) is 5.38. The highest BCUT2D eigenvalue weighted by atomic mass is 35.5. The number of aryl methyl sites for hydroxylation is 1. The largest absolute Gasteiger partial charge is 0.318 e. The number of halogens is 2. The van der Waals surface area contributed by atoms with Gasteiger partial charge in [-0.25, -0.2) is 0 Å². The Morgan fingerprint density at radius 2 is 2.00 bits per heavy atom. The van der Waals surface area contributed by atoms with E-state index in [1.54, 1.807) is 41.3 Å². The average Bonchev–Trinajstić information content (AvgIpc) is 3.34. The fourth-order valence-corrected chi connectivity index (χ4v) is 3.25. The molecule has 2 aromatic carbocycles. The molecule has 0 aliphatic rings. The molecule has 0 fully saturated rings. The SMILES string of the molecule is Cc1cccc(Cn2cc(NC(=O)c3cc(-c4ccc(Cl)c(Cl)c4)n[nH]3)cn2)c1. The lowest BCUT2D eigenvalue weighted by Gasteiger charge is -2.03. The second-order valence-electron chi connectivity index (χ2n) is 6.67. The van der Waals surface area contributed by atoms with Crippen LogP contribution in [0.5, 0.6) is 0 Å². The number of nitrogens with zero attached hydrogens (tertiary/aromatic N) is 3. The number of carbonyl (C=O) groups is 1. The van der Waals surface area contributed by atoms with E-state index in [9.17, 15) is 4.79 Å². The van der Waals surface area contributed by atoms with Gasteiger partial charge in [-0.3, -0.25) is 14.6 Å². The Hall–Kier alpha value is -3.09. The third kappa shape index (κ3) is 4.50. The third-order valence-corrected chi connectivity index (χ3v) is 5.10. The highest BCUT2D eigenvalue weighted by molar-refractivity contribution is 6.42. The summed E-state index contributed by atoms with van der Waals surface area (Å²) in [6.45, 7) is 2.68. The molecule has 0 spiro atoms. The lowest BCUT2D eigenvalue weighted by molar-refractivity contribution is 0.102. The van der Waals surface area contributed by atoms with E-state index in [4.69, 9.17) is 23.2 Å². The molecule has 0 atom stereocenters. The summed E-state index contributed by atoms with van der Waals surface area (Å²) < 4.78 is 1.78. The molecule has 8 heteroatoms. The Balaban J connectivity index is 1.44. The first-order valence-electron chi connectivity index (χ1n) is 8.88. The number of nitrogens with one attached hydrogen (secondary N) is 2. The Morgan fingerprint density at radius 3 is 2.79 bits per heavy atom. The first-order valence-corrected chi connectivity index (χ1v) is 9.64. The summed E-state index contributed by atoms with van der Waals surface area (Å²) in [6, 6.07) is 15.1. The number of benzene rings is 2. The lowest BCUT2D eigenvalue weighted by Crippen LogP contribution is -2.11. The molecule has 29 heavy (non-hydrogen) atoms. The minimum absolute atomic E-state index is 0.307. The Labute approximate surface area is 177 Å². The molecular weight excluding hydrogens is 409 g/mol. The fraction of sp³-hybridized carbons (Fsp3) is 0.0952. The van der Waals surface area contributed by atoms with Gasteiger partial charge in [0.15, 0.2) is 0 Å². The molecule has 0 radical (unpaired) electrons. The quantitative estimate of drug-likeness (QED) is 0.461. The van der Waals surface area contributed by atoms with Gasteiger partial charge in [-0.1, -0.05) is 59.1 Å². The van der Waals surface area contributed by atoms with Crippen molar-refractivity contribution in [3.63, 3.8) is 0 Å². The van der Waals surface area contributed by atoms with Crippen LogP contribution in [-0.2, 0) is 6.54 Å². The minimum atomic E-state index is -0.307. The molecular formula is C21H17Cl2N5O. The van der Waals surface area contributed by atoms with Crippen LogP contribution in [0.2, 0.25) is 10.0 Å². The lowest BCUT2D eigenvalue weighted by atomic mass is 10.1. The van der Waals surface area contributed by atoms with Gasteiger partial charge in [-0.15, -0.1) is 0 Å². The number of rotatable bonds is 5. The summed E-state index contributed by atoms with van der Waals surface area (Å²) in [5.41, 5.74) is 4.64. The zero-order valence-electron chi connectivity index (χ0n) is 15.5. The number of hydrogen-bond donors (Lipinski definition) is 2. The molecule has 146 valence electrons. The maximum Gasteiger partial charge on any atom is 0.273 e. The molecule has 0 saturated heterocycles. The first-order chi connectivity index (χ1) is 14.0. The number of hydrogen-bond acceptors (Lipinski definition) is 3. The molecule has 0 saturated carbocycles. The highest BCUT2D eigenvalue weighted by Gasteiger charge is 2.13. The molecule has 1 amide bonds. The van der Waals surface area contributed by atoms with Crippen molar-refractivity contribution in [3.05, 3.63) is 87.8 Å². The van der Waals surface area contributed by atoms with E-state index >= 15 is 0 Å². The van der Waals surface area contributed by atoms with Gasteiger partial charge < -0.3 is 5.32 Å². The molecule has 6 nitrogen and oxygen atoms in total. The summed E-state index contributed by atoms with van der Waals surface area (Å²) in [4.78, 5) is 12.5. The highest BCUT2D eigenvalue weighted by Crippen LogP contribution is 2.27. The van der Waals surface area contributed by atoms with E-state index < -0.39 is 0 Å². The van der Waals surface area contributed by atoms with Crippen molar-refractivity contribution in [2.75, 3.05) is 5.32 Å². The van der Waals surface area contributed by atoms with Crippen LogP contribution in [0.3, 0.4) is 0 Å². The molecule has 4 aromatic rings. The topological polar surface area (TPSA) is 75.6 Å². The van der Waals surface area contributed by atoms with Crippen LogP contribution in [0.15, 0.2) is 60.9 Å². The monoisotopic (exact) mass is 425 g/mol. The van der Waals surface area contributed by atoms with Crippen LogP contribution in [-0.4, -0.2) is 25.9 Å². The summed E-state index contributed by atoms with van der Waals surface area (Å²) in [5.74, 6) is -0.307. The molecule has 0 aliphatic heterocycles. The molecule has 2 aromatic heterocycles. The van der Waals surface area contributed by atoms with E-state index in [1.165, 1.54) is 5.56 Å². The fourth-order valence-electron chi connectivity index (χ4n) is 2.95. The molecule has 4 rings (SSSR count). The molecule has 0 aliphatic carbocycles. The zero-order chi connectivity index (χ0) is 20.4. The summed E-state index contributed by atoms with van der Waals surface area (Å²) >= 11 is 12.0. The number of H-pyrrole nitrogens is 1. The van der Waals surface area contributed by atoms with Crippen LogP contribution < -0.4 is 5.32 Å². The third-order valence-electron chi connectivity index (χ3n) is 4.36. The summed E-state index contributed by atoms with van der Waals surface area (Å²) in [5, 5.41) is 14.9. The van der Waals surface area contributed by atoms with Crippen molar-refractivity contribution in [1.82, 2.24) is 20.0 Å². The van der Waals surface area contributed by atoms with Crippen LogP contribution in [0, 0.1) is 6.92 Å². The van der Waals surface area contributed by atoms with E-state index in [0.717, 1.165) is 11.1 Å². The van der Waals surface area contributed by atoms with Crippen molar-refractivity contribution in [2.24, 2.45) is 0 Å². The van der Waals surface area contributed by atoms with E-state index in [-0.39, 0.29) is 5.91 Å². The average molecular weight is 426 g/mol. The van der Waals surface area contributed by atoms with Crippen molar-refractivity contribution in [3.8, 4) is 11.3 Å². The van der Waals surface area contributed by atoms with Crippen molar-refractivity contribution in [1.29, 1.82) is 0 Å². The number of carbonyl (C=O) groups excluding carboxylic acids is 1. The van der Waals surface area contributed by atoms with Gasteiger partial charge in [-0.2, -0.15) is 10.2 Å². The van der Waals surface area contributed by atoms with Gasteiger partial charge in [0.05, 0.1) is 34.2 Å². The van der Waals surface area contributed by atoms with Gasteiger partial charge in [0.25, 0.3) is 5.91 Å². The maximum absolute atomic E-state index is 12.5. The zero-order valence-corrected chi connectivity index (χ0v) is 17.0. The number of aromatic amines is 1. The van der Waals surface area contributed by atoms with Gasteiger partial charge in [0.2, 0.25) is 0 Å². The van der Waals surface area contributed by atoms with Crippen LogP contribution in [0.25, 0.3) is 11.3 Å². The normalized spacial score (nSPS) is 10.9. The van der Waals surface area contributed by atoms with Gasteiger partial charge in [0, 0.05) is 11.8 Å². The molecule has 0 unspecified atom stereocenters. The van der Waals surface area contributed by atoms with Gasteiger partial charge in [0.1, 0.15) is 5.69 Å². The first kappa shape index (κ1) is 19.2. The van der Waals surface area contributed by atoms with E-state index in [2.05, 4.69) is 39.7 Å². The van der Waals surface area contributed by atoms with Gasteiger partial charge in [-0.05, 0) is 30.7 Å². The molecule has 2 N–H and O–H groups in total. The molecule has 2 heterocycles. The van der Waals surface area contributed by atoms with Crippen LogP contribution >= 0.6 is 23.2 Å². The predicted molar refractivity (Wildman–Crippen MR) is 115 cm³/mol. The van der Waals surface area contributed by atoms with Gasteiger partial charge >= 0.3 is 0 Å². The summed E-state index contributed by atoms with van der Waals surface area (Å²) in [6.07, 6.45) is 3.40. The maximum atomic E-state index is 12.5. The Bertz CT molecular complexity index is 1180. The van der Waals surface area contributed by atoms with Crippen molar-refractivity contribution >= 4 is 34.8 Å². The number of anilines is 1. The Morgan fingerprint density at radius 1 is 1.14 bits per heavy atom. The second kappa shape index (κ2) is 8.11. The van der Waals surface area contributed by atoms with Crippen LogP contribution in [0.1, 0.15) is 21.6 Å². The standard InChI is InChI=1S/C21H17Cl2N5O/c1-13-3-2-4-14(7-13)11-28-12-16(10-24-28)25-21(29)20-9-19(26-27-20)15-5-6-17(22)18(23)8-15/h2-10,12H,11H2,1H3,(H,25,29)(H,26,27). The van der Waals surface area contributed by atoms with Crippen molar-refractivity contribution in [2.45, 2.75) is 13.5 Å².